The standard InChI is InChI=1S/C12H8N2O2/c15-7-8-5-11-13-12(16)9-3-1-2-4-10(9)14(11)6-8/h1-7H,(H,13,16). The van der Waals surface area contributed by atoms with E-state index in [1.165, 1.54) is 0 Å². The predicted octanol–water partition coefficient (Wildman–Crippen LogP) is 1.59. The fourth-order valence-corrected chi connectivity index (χ4v) is 1.90. The van der Waals surface area contributed by atoms with Crippen LogP contribution in [-0.4, -0.2) is 15.7 Å². The molecule has 0 spiro atoms. The van der Waals surface area contributed by atoms with E-state index in [0.717, 1.165) is 11.8 Å². The number of H-pyrrole nitrogens is 1. The topological polar surface area (TPSA) is 54.3 Å². The molecule has 0 aliphatic rings. The number of para-hydroxylation sites is 1. The van der Waals surface area contributed by atoms with Gasteiger partial charge in [0.2, 0.25) is 0 Å². The first-order valence-electron chi connectivity index (χ1n) is 4.88. The molecule has 0 bridgehead atoms. The van der Waals surface area contributed by atoms with E-state index in [0.29, 0.717) is 16.6 Å². The first-order valence-corrected chi connectivity index (χ1v) is 4.88. The molecule has 0 amide bonds. The highest BCUT2D eigenvalue weighted by atomic mass is 16.1. The zero-order valence-corrected chi connectivity index (χ0v) is 8.31. The van der Waals surface area contributed by atoms with Crippen molar-refractivity contribution in [2.75, 3.05) is 0 Å². The Hall–Kier alpha value is -2.36. The largest absolute Gasteiger partial charge is 0.308 e. The molecule has 0 aliphatic heterocycles. The van der Waals surface area contributed by atoms with Crippen LogP contribution in [0.4, 0.5) is 0 Å². The Kier molecular flexibility index (Phi) is 1.71. The van der Waals surface area contributed by atoms with E-state index in [1.807, 2.05) is 18.2 Å². The lowest BCUT2D eigenvalue weighted by Gasteiger charge is -2.00. The van der Waals surface area contributed by atoms with Crippen molar-refractivity contribution in [3.63, 3.8) is 0 Å². The van der Waals surface area contributed by atoms with Crippen molar-refractivity contribution in [1.82, 2.24) is 9.38 Å². The number of fused-ring (bicyclic) bond motifs is 3. The maximum absolute atomic E-state index is 11.7. The van der Waals surface area contributed by atoms with Crippen LogP contribution in [0.2, 0.25) is 0 Å². The first-order chi connectivity index (χ1) is 7.79. The molecule has 1 N–H and O–H groups in total. The van der Waals surface area contributed by atoms with E-state index in [9.17, 15) is 9.59 Å². The number of benzene rings is 1. The molecule has 1 aromatic carbocycles. The maximum atomic E-state index is 11.7. The summed E-state index contributed by atoms with van der Waals surface area (Å²) >= 11 is 0. The second-order valence-electron chi connectivity index (χ2n) is 3.62. The van der Waals surface area contributed by atoms with Crippen molar-refractivity contribution in [1.29, 1.82) is 0 Å². The third-order valence-corrected chi connectivity index (χ3v) is 2.63. The van der Waals surface area contributed by atoms with Crippen molar-refractivity contribution in [3.8, 4) is 0 Å². The highest BCUT2D eigenvalue weighted by molar-refractivity contribution is 5.84. The van der Waals surface area contributed by atoms with Gasteiger partial charge in [0.25, 0.3) is 5.56 Å². The molecule has 78 valence electrons. The lowest BCUT2D eigenvalue weighted by atomic mass is 10.2. The first kappa shape index (κ1) is 8.91. The number of hydrogen-bond acceptors (Lipinski definition) is 2. The van der Waals surface area contributed by atoms with Crippen LogP contribution in [0.25, 0.3) is 16.6 Å². The van der Waals surface area contributed by atoms with E-state index in [-0.39, 0.29) is 5.56 Å². The van der Waals surface area contributed by atoms with Crippen molar-refractivity contribution >= 4 is 22.8 Å². The molecule has 0 radical (unpaired) electrons. The molecular weight excluding hydrogens is 204 g/mol. The van der Waals surface area contributed by atoms with Gasteiger partial charge in [0.1, 0.15) is 5.65 Å². The van der Waals surface area contributed by atoms with Gasteiger partial charge >= 0.3 is 0 Å². The Balaban J connectivity index is 2.62. The molecule has 16 heavy (non-hydrogen) atoms. The van der Waals surface area contributed by atoms with E-state index < -0.39 is 0 Å². The molecule has 4 heteroatoms. The lowest BCUT2D eigenvalue weighted by Crippen LogP contribution is -2.08. The molecular formula is C12H8N2O2. The number of aromatic amines is 1. The minimum atomic E-state index is -0.140. The van der Waals surface area contributed by atoms with Gasteiger partial charge in [-0.25, -0.2) is 0 Å². The van der Waals surface area contributed by atoms with E-state index in [2.05, 4.69) is 4.98 Å². The summed E-state index contributed by atoms with van der Waals surface area (Å²) in [5.41, 5.74) is 1.84. The Labute approximate surface area is 90.1 Å². The minimum Gasteiger partial charge on any atom is -0.308 e. The van der Waals surface area contributed by atoms with E-state index in [1.54, 1.807) is 22.7 Å². The summed E-state index contributed by atoms with van der Waals surface area (Å²) in [6, 6.07) is 8.94. The van der Waals surface area contributed by atoms with Crippen LogP contribution in [0, 0.1) is 0 Å². The van der Waals surface area contributed by atoms with Crippen molar-refractivity contribution in [2.24, 2.45) is 0 Å². The summed E-state index contributed by atoms with van der Waals surface area (Å²) < 4.78 is 1.81. The van der Waals surface area contributed by atoms with E-state index >= 15 is 0 Å². The number of carbonyl (C=O) groups is 1. The van der Waals surface area contributed by atoms with Gasteiger partial charge < -0.3 is 9.38 Å². The third kappa shape index (κ3) is 1.10. The van der Waals surface area contributed by atoms with Gasteiger partial charge in [-0.2, -0.15) is 0 Å². The zero-order chi connectivity index (χ0) is 11.1. The molecule has 0 unspecified atom stereocenters. The van der Waals surface area contributed by atoms with Crippen molar-refractivity contribution < 1.29 is 4.79 Å². The summed E-state index contributed by atoms with van der Waals surface area (Å²) in [5, 5.41) is 0.614. The Morgan fingerprint density at radius 1 is 1.25 bits per heavy atom. The summed E-state index contributed by atoms with van der Waals surface area (Å²) in [4.78, 5) is 25.2. The number of carbonyl (C=O) groups excluding carboxylic acids is 1. The van der Waals surface area contributed by atoms with Crippen LogP contribution in [-0.2, 0) is 0 Å². The fraction of sp³-hybridized carbons (Fsp3) is 0. The number of hydrogen-bond donors (Lipinski definition) is 1. The molecule has 0 saturated carbocycles. The maximum Gasteiger partial charge on any atom is 0.258 e. The molecule has 0 atom stereocenters. The zero-order valence-electron chi connectivity index (χ0n) is 8.31. The molecule has 4 nitrogen and oxygen atoms in total. The smallest absolute Gasteiger partial charge is 0.258 e. The molecule has 0 saturated heterocycles. The summed E-state index contributed by atoms with van der Waals surface area (Å²) in [7, 11) is 0. The van der Waals surface area contributed by atoms with Crippen LogP contribution in [0.5, 0.6) is 0 Å². The molecule has 0 fully saturated rings. The predicted molar refractivity (Wildman–Crippen MR) is 60.9 cm³/mol. The van der Waals surface area contributed by atoms with Crippen LogP contribution in [0.1, 0.15) is 10.4 Å². The SMILES string of the molecule is O=Cc1cc2[nH]c(=O)c3ccccc3n2c1. The minimum absolute atomic E-state index is 0.140. The number of nitrogens with one attached hydrogen (secondary N) is 1. The van der Waals surface area contributed by atoms with Crippen LogP contribution in [0.15, 0.2) is 41.3 Å². The molecule has 2 heterocycles. The molecule has 3 rings (SSSR count). The van der Waals surface area contributed by atoms with Crippen molar-refractivity contribution in [2.45, 2.75) is 0 Å². The molecule has 3 aromatic rings. The number of aldehydes is 1. The number of rotatable bonds is 1. The van der Waals surface area contributed by atoms with Crippen LogP contribution < -0.4 is 5.56 Å². The van der Waals surface area contributed by atoms with E-state index in [4.69, 9.17) is 0 Å². The van der Waals surface area contributed by atoms with Crippen molar-refractivity contribution in [3.05, 3.63) is 52.4 Å². The monoisotopic (exact) mass is 212 g/mol. The quantitative estimate of drug-likeness (QED) is 0.623. The average molecular weight is 212 g/mol. The summed E-state index contributed by atoms with van der Waals surface area (Å²) in [5.74, 6) is 0. The van der Waals surface area contributed by atoms with Gasteiger partial charge in [0.15, 0.2) is 6.29 Å². The summed E-state index contributed by atoms with van der Waals surface area (Å²) in [6.07, 6.45) is 2.47. The number of nitrogens with zero attached hydrogens (tertiary/aromatic N) is 1. The van der Waals surface area contributed by atoms with Gasteiger partial charge in [-0.3, -0.25) is 9.59 Å². The Morgan fingerprint density at radius 3 is 2.88 bits per heavy atom. The Morgan fingerprint density at radius 2 is 2.06 bits per heavy atom. The fourth-order valence-electron chi connectivity index (χ4n) is 1.90. The second-order valence-corrected chi connectivity index (χ2v) is 3.62. The highest BCUT2D eigenvalue weighted by Crippen LogP contribution is 2.13. The highest BCUT2D eigenvalue weighted by Gasteiger charge is 2.05. The van der Waals surface area contributed by atoms with Gasteiger partial charge in [-0.15, -0.1) is 0 Å². The lowest BCUT2D eigenvalue weighted by molar-refractivity contribution is 0.112. The Bertz CT molecular complexity index is 752. The van der Waals surface area contributed by atoms with Gasteiger partial charge in [-0.1, -0.05) is 12.1 Å². The number of aromatic nitrogens is 2. The van der Waals surface area contributed by atoms with Crippen LogP contribution in [0.3, 0.4) is 0 Å². The summed E-state index contributed by atoms with van der Waals surface area (Å²) in [6.45, 7) is 0. The van der Waals surface area contributed by atoms with Crippen LogP contribution >= 0.6 is 0 Å². The second kappa shape index (κ2) is 3.06. The molecule has 0 aliphatic carbocycles. The normalized spacial score (nSPS) is 11.0. The average Bonchev–Trinajstić information content (AvgIpc) is 2.72. The third-order valence-electron chi connectivity index (χ3n) is 2.63. The molecule has 2 aromatic heterocycles. The van der Waals surface area contributed by atoms with Gasteiger partial charge in [-0.05, 0) is 18.2 Å². The van der Waals surface area contributed by atoms with Gasteiger partial charge in [0, 0.05) is 11.8 Å². The van der Waals surface area contributed by atoms with Gasteiger partial charge in [0.05, 0.1) is 10.9 Å².